The first kappa shape index (κ1) is 13.5. The molecule has 1 fully saturated rings. The molecule has 0 bridgehead atoms. The molecule has 3 heteroatoms. The van der Waals surface area contributed by atoms with Crippen LogP contribution in [0.25, 0.3) is 0 Å². The lowest BCUT2D eigenvalue weighted by Crippen LogP contribution is -2.47. The lowest BCUT2D eigenvalue weighted by Gasteiger charge is -2.32. The lowest BCUT2D eigenvalue weighted by molar-refractivity contribution is -0.145. The highest BCUT2D eigenvalue weighted by molar-refractivity contribution is 5.74. The average Bonchev–Trinajstić information content (AvgIpc) is 2.99. The fourth-order valence-electron chi connectivity index (χ4n) is 2.29. The average molecular weight is 227 g/mol. The van der Waals surface area contributed by atoms with E-state index >= 15 is 0 Å². The Morgan fingerprint density at radius 1 is 1.38 bits per heavy atom. The van der Waals surface area contributed by atoms with Crippen molar-refractivity contribution in [1.82, 2.24) is 4.90 Å². The van der Waals surface area contributed by atoms with Crippen LogP contribution in [0.1, 0.15) is 52.9 Å². The lowest BCUT2D eigenvalue weighted by atomic mass is 10.1. The van der Waals surface area contributed by atoms with E-state index in [-0.39, 0.29) is 6.04 Å². The van der Waals surface area contributed by atoms with Crippen LogP contribution in [-0.4, -0.2) is 34.6 Å². The van der Waals surface area contributed by atoms with Crippen LogP contribution in [0, 0.1) is 5.92 Å². The van der Waals surface area contributed by atoms with Crippen molar-refractivity contribution in [3.8, 4) is 0 Å². The number of carbonyl (C=O) groups is 1. The highest BCUT2D eigenvalue weighted by atomic mass is 16.4. The van der Waals surface area contributed by atoms with Crippen molar-refractivity contribution in [2.75, 3.05) is 6.54 Å². The van der Waals surface area contributed by atoms with Crippen molar-refractivity contribution in [2.24, 2.45) is 5.92 Å². The molecule has 0 saturated heterocycles. The van der Waals surface area contributed by atoms with E-state index in [0.717, 1.165) is 25.8 Å². The zero-order valence-corrected chi connectivity index (χ0v) is 10.8. The Morgan fingerprint density at radius 3 is 2.38 bits per heavy atom. The van der Waals surface area contributed by atoms with Crippen molar-refractivity contribution in [1.29, 1.82) is 0 Å². The van der Waals surface area contributed by atoms with Crippen LogP contribution < -0.4 is 0 Å². The van der Waals surface area contributed by atoms with E-state index in [4.69, 9.17) is 0 Å². The van der Waals surface area contributed by atoms with Gasteiger partial charge in [-0.3, -0.25) is 9.69 Å². The molecule has 0 aromatic heterocycles. The molecule has 1 aliphatic carbocycles. The molecule has 0 aliphatic heterocycles. The molecular formula is C13H25NO2. The van der Waals surface area contributed by atoms with Gasteiger partial charge in [0, 0.05) is 6.04 Å². The molecule has 0 spiro atoms. The number of hydrogen-bond acceptors (Lipinski definition) is 2. The predicted octanol–water partition coefficient (Wildman–Crippen LogP) is 2.75. The maximum absolute atomic E-state index is 11.3. The summed E-state index contributed by atoms with van der Waals surface area (Å²) >= 11 is 0. The fourth-order valence-corrected chi connectivity index (χ4v) is 2.29. The molecule has 0 amide bonds. The predicted molar refractivity (Wildman–Crippen MR) is 65.5 cm³/mol. The summed E-state index contributed by atoms with van der Waals surface area (Å²) in [4.78, 5) is 13.5. The first-order chi connectivity index (χ1) is 7.57. The van der Waals surface area contributed by atoms with Crippen LogP contribution in [0.5, 0.6) is 0 Å². The van der Waals surface area contributed by atoms with E-state index in [9.17, 15) is 9.90 Å². The molecule has 1 saturated carbocycles. The third-order valence-corrected chi connectivity index (χ3v) is 3.36. The number of nitrogens with zero attached hydrogens (tertiary/aromatic N) is 1. The molecule has 3 nitrogen and oxygen atoms in total. The maximum atomic E-state index is 11.3. The summed E-state index contributed by atoms with van der Waals surface area (Å²) in [6.45, 7) is 7.31. The third-order valence-electron chi connectivity index (χ3n) is 3.36. The van der Waals surface area contributed by atoms with Gasteiger partial charge in [0.05, 0.1) is 0 Å². The summed E-state index contributed by atoms with van der Waals surface area (Å²) in [6, 6.07) is 0.0930. The van der Waals surface area contributed by atoms with Gasteiger partial charge in [0.15, 0.2) is 0 Å². The summed E-state index contributed by atoms with van der Waals surface area (Å²) in [5.41, 5.74) is 0. The second-order valence-electron chi connectivity index (χ2n) is 5.16. The smallest absolute Gasteiger partial charge is 0.321 e. The van der Waals surface area contributed by atoms with Gasteiger partial charge in [0.25, 0.3) is 0 Å². The van der Waals surface area contributed by atoms with Gasteiger partial charge in [-0.15, -0.1) is 0 Å². The second kappa shape index (κ2) is 6.24. The van der Waals surface area contributed by atoms with Gasteiger partial charge in [0.2, 0.25) is 0 Å². The van der Waals surface area contributed by atoms with E-state index in [0.29, 0.717) is 12.0 Å². The monoisotopic (exact) mass is 227 g/mol. The van der Waals surface area contributed by atoms with E-state index in [2.05, 4.69) is 25.7 Å². The summed E-state index contributed by atoms with van der Waals surface area (Å²) in [7, 11) is 0. The summed E-state index contributed by atoms with van der Waals surface area (Å²) in [6.07, 6.45) is 5.68. The highest BCUT2D eigenvalue weighted by Gasteiger charge is 2.40. The van der Waals surface area contributed by atoms with E-state index in [1.165, 1.54) is 12.8 Å². The molecule has 1 atom stereocenters. The first-order valence-corrected chi connectivity index (χ1v) is 6.56. The fraction of sp³-hybridized carbons (Fsp3) is 0.923. The maximum Gasteiger partial charge on any atom is 0.321 e. The van der Waals surface area contributed by atoms with Crippen molar-refractivity contribution in [2.45, 2.75) is 65.0 Å². The Hall–Kier alpha value is -0.570. The molecule has 0 aromatic carbocycles. The van der Waals surface area contributed by atoms with Crippen molar-refractivity contribution in [3.63, 3.8) is 0 Å². The molecular weight excluding hydrogens is 202 g/mol. The second-order valence-corrected chi connectivity index (χ2v) is 5.16. The number of aliphatic carboxylic acids is 1. The van der Waals surface area contributed by atoms with E-state index in [1.807, 2.05) is 0 Å². The van der Waals surface area contributed by atoms with Crippen LogP contribution in [0.3, 0.4) is 0 Å². The molecule has 1 rings (SSSR count). The Kier molecular flexibility index (Phi) is 5.26. The van der Waals surface area contributed by atoms with Crippen LogP contribution in [0.4, 0.5) is 0 Å². The van der Waals surface area contributed by atoms with Crippen LogP contribution in [-0.2, 0) is 4.79 Å². The van der Waals surface area contributed by atoms with Crippen molar-refractivity contribution < 1.29 is 9.90 Å². The summed E-state index contributed by atoms with van der Waals surface area (Å²) in [5.74, 6) is -0.228. The van der Waals surface area contributed by atoms with Gasteiger partial charge in [-0.2, -0.15) is 0 Å². The normalized spacial score (nSPS) is 18.1. The van der Waals surface area contributed by atoms with Gasteiger partial charge in [-0.05, 0) is 45.6 Å². The molecule has 0 aromatic rings. The SMILES string of the molecule is CCCCCN(C(C)C)C(C(=O)O)C1CC1. The zero-order chi connectivity index (χ0) is 12.1. The number of carboxylic acids is 1. The Morgan fingerprint density at radius 2 is 2.00 bits per heavy atom. The third kappa shape index (κ3) is 3.78. The topological polar surface area (TPSA) is 40.5 Å². The Labute approximate surface area is 98.8 Å². The molecule has 16 heavy (non-hydrogen) atoms. The van der Waals surface area contributed by atoms with E-state index in [1.54, 1.807) is 0 Å². The van der Waals surface area contributed by atoms with Crippen molar-refractivity contribution in [3.05, 3.63) is 0 Å². The minimum absolute atomic E-state index is 0.239. The number of carboxylic acid groups (broad SMARTS) is 1. The largest absolute Gasteiger partial charge is 0.480 e. The zero-order valence-electron chi connectivity index (χ0n) is 10.8. The molecule has 1 N–H and O–H groups in total. The molecule has 1 unspecified atom stereocenters. The Balaban J connectivity index is 2.54. The Bertz CT molecular complexity index is 224. The van der Waals surface area contributed by atoms with Crippen LogP contribution in [0.2, 0.25) is 0 Å². The summed E-state index contributed by atoms with van der Waals surface area (Å²) in [5, 5.41) is 9.32. The van der Waals surface area contributed by atoms with E-state index < -0.39 is 5.97 Å². The van der Waals surface area contributed by atoms with Crippen molar-refractivity contribution >= 4 is 5.97 Å². The minimum Gasteiger partial charge on any atom is -0.480 e. The number of rotatable bonds is 8. The van der Waals surface area contributed by atoms with Gasteiger partial charge < -0.3 is 5.11 Å². The number of hydrogen-bond donors (Lipinski definition) is 1. The molecule has 1 aliphatic rings. The molecule has 0 radical (unpaired) electrons. The summed E-state index contributed by atoms with van der Waals surface area (Å²) < 4.78 is 0. The van der Waals surface area contributed by atoms with Gasteiger partial charge in [0.1, 0.15) is 6.04 Å². The van der Waals surface area contributed by atoms with Gasteiger partial charge in [-0.25, -0.2) is 0 Å². The van der Waals surface area contributed by atoms with Crippen LogP contribution in [0.15, 0.2) is 0 Å². The minimum atomic E-state index is -0.632. The quantitative estimate of drug-likeness (QED) is 0.648. The standard InChI is InChI=1S/C13H25NO2/c1-4-5-6-9-14(10(2)3)12(13(15)16)11-7-8-11/h10-12H,4-9H2,1-3H3,(H,15,16). The molecule has 94 valence electrons. The number of unbranched alkanes of at least 4 members (excludes halogenated alkanes) is 2. The first-order valence-electron chi connectivity index (χ1n) is 6.56. The highest BCUT2D eigenvalue weighted by Crippen LogP contribution is 2.36. The van der Waals surface area contributed by atoms with Gasteiger partial charge in [-0.1, -0.05) is 19.8 Å². The van der Waals surface area contributed by atoms with Gasteiger partial charge >= 0.3 is 5.97 Å². The molecule has 0 heterocycles. The van der Waals surface area contributed by atoms with Crippen LogP contribution >= 0.6 is 0 Å².